The van der Waals surface area contributed by atoms with Crippen LogP contribution in [0.3, 0.4) is 0 Å². The van der Waals surface area contributed by atoms with Gasteiger partial charge in [-0.15, -0.1) is 0 Å². The number of hydrogen-bond acceptors (Lipinski definition) is 5. The van der Waals surface area contributed by atoms with E-state index in [1.807, 2.05) is 6.07 Å². The maximum absolute atomic E-state index is 8.62. The molecular weight excluding hydrogens is 220 g/mol. The monoisotopic (exact) mass is 238 g/mol. The summed E-state index contributed by atoms with van der Waals surface area (Å²) < 4.78 is 11.0. The average Bonchev–Trinajstić information content (AvgIpc) is 2.39. The van der Waals surface area contributed by atoms with Gasteiger partial charge in [0.2, 0.25) is 5.88 Å². The van der Waals surface area contributed by atoms with E-state index in [2.05, 4.69) is 10.3 Å². The average molecular weight is 238 g/mol. The fraction of sp³-hybridized carbons (Fsp3) is 0.583. The fourth-order valence-electron chi connectivity index (χ4n) is 1.78. The molecule has 1 fully saturated rings. The Balaban J connectivity index is 1.84. The van der Waals surface area contributed by atoms with Gasteiger partial charge in [-0.3, -0.25) is 0 Å². The van der Waals surface area contributed by atoms with Crippen LogP contribution in [0.5, 0.6) is 11.6 Å². The molecule has 5 heteroatoms. The zero-order chi connectivity index (χ0) is 11.9. The number of ether oxygens (including phenoxy) is 2. The van der Waals surface area contributed by atoms with Crippen molar-refractivity contribution >= 4 is 0 Å². The summed E-state index contributed by atoms with van der Waals surface area (Å²) in [6, 6.07) is 3.60. The number of aliphatic hydroxyl groups excluding tert-OH is 1. The number of piperidine rings is 1. The maximum Gasteiger partial charge on any atom is 0.213 e. The Labute approximate surface area is 101 Å². The number of nitrogens with zero attached hydrogens (tertiary/aromatic N) is 1. The predicted molar refractivity (Wildman–Crippen MR) is 63.3 cm³/mol. The largest absolute Gasteiger partial charge is 0.489 e. The lowest BCUT2D eigenvalue weighted by Gasteiger charge is -2.23. The van der Waals surface area contributed by atoms with Gasteiger partial charge in [-0.25, -0.2) is 4.98 Å². The van der Waals surface area contributed by atoms with Crippen LogP contribution in [-0.4, -0.2) is 42.5 Å². The Morgan fingerprint density at radius 3 is 2.82 bits per heavy atom. The third-order valence-electron chi connectivity index (χ3n) is 2.64. The first kappa shape index (κ1) is 12.1. The molecule has 0 atom stereocenters. The second-order valence-electron chi connectivity index (χ2n) is 3.97. The van der Waals surface area contributed by atoms with E-state index in [1.54, 1.807) is 12.3 Å². The summed E-state index contributed by atoms with van der Waals surface area (Å²) in [4.78, 5) is 4.11. The Morgan fingerprint density at radius 2 is 2.18 bits per heavy atom. The zero-order valence-electron chi connectivity index (χ0n) is 9.76. The standard InChI is InChI=1S/C12H18N2O3/c15-7-8-16-12-2-1-11(9-14-12)17-10-3-5-13-6-4-10/h1-2,9-10,13,15H,3-8H2. The summed E-state index contributed by atoms with van der Waals surface area (Å²) in [5.41, 5.74) is 0. The molecule has 5 nitrogen and oxygen atoms in total. The first-order chi connectivity index (χ1) is 8.38. The second-order valence-corrected chi connectivity index (χ2v) is 3.97. The highest BCUT2D eigenvalue weighted by Crippen LogP contribution is 2.18. The quantitative estimate of drug-likeness (QED) is 0.785. The topological polar surface area (TPSA) is 63.6 Å². The van der Waals surface area contributed by atoms with Gasteiger partial charge in [-0.2, -0.15) is 0 Å². The van der Waals surface area contributed by atoms with Gasteiger partial charge in [0.25, 0.3) is 0 Å². The van der Waals surface area contributed by atoms with Crippen molar-refractivity contribution in [3.63, 3.8) is 0 Å². The first-order valence-electron chi connectivity index (χ1n) is 5.95. The van der Waals surface area contributed by atoms with Crippen molar-refractivity contribution < 1.29 is 14.6 Å². The Hall–Kier alpha value is -1.33. The number of aliphatic hydroxyl groups is 1. The molecule has 0 aromatic carbocycles. The Morgan fingerprint density at radius 1 is 1.35 bits per heavy atom. The molecule has 2 heterocycles. The van der Waals surface area contributed by atoms with Crippen LogP contribution < -0.4 is 14.8 Å². The summed E-state index contributed by atoms with van der Waals surface area (Å²) in [5, 5.41) is 11.9. The van der Waals surface area contributed by atoms with Gasteiger partial charge >= 0.3 is 0 Å². The van der Waals surface area contributed by atoms with Crippen LogP contribution >= 0.6 is 0 Å². The molecule has 94 valence electrons. The van der Waals surface area contributed by atoms with Crippen LogP contribution in [0.15, 0.2) is 18.3 Å². The molecule has 0 saturated carbocycles. The van der Waals surface area contributed by atoms with Gasteiger partial charge in [-0.1, -0.05) is 0 Å². The van der Waals surface area contributed by atoms with Gasteiger partial charge < -0.3 is 19.9 Å². The Bertz CT molecular complexity index is 323. The number of aromatic nitrogens is 1. The van der Waals surface area contributed by atoms with E-state index in [4.69, 9.17) is 14.6 Å². The molecule has 2 rings (SSSR count). The van der Waals surface area contributed by atoms with Crippen molar-refractivity contribution in [3.05, 3.63) is 18.3 Å². The lowest BCUT2D eigenvalue weighted by Crippen LogP contribution is -2.34. The molecule has 1 aliphatic heterocycles. The number of hydrogen-bond donors (Lipinski definition) is 2. The van der Waals surface area contributed by atoms with E-state index in [1.165, 1.54) is 0 Å². The van der Waals surface area contributed by atoms with Crippen molar-refractivity contribution in [2.75, 3.05) is 26.3 Å². The van der Waals surface area contributed by atoms with Gasteiger partial charge in [0.1, 0.15) is 18.5 Å². The van der Waals surface area contributed by atoms with Crippen LogP contribution in [0.2, 0.25) is 0 Å². The molecule has 1 aromatic heterocycles. The van der Waals surface area contributed by atoms with Gasteiger partial charge in [-0.05, 0) is 32.0 Å². The normalized spacial score (nSPS) is 16.8. The molecule has 1 saturated heterocycles. The van der Waals surface area contributed by atoms with Crippen LogP contribution in [0.4, 0.5) is 0 Å². The molecular formula is C12H18N2O3. The summed E-state index contributed by atoms with van der Waals surface area (Å²) in [7, 11) is 0. The molecule has 2 N–H and O–H groups in total. The summed E-state index contributed by atoms with van der Waals surface area (Å²) >= 11 is 0. The number of nitrogens with one attached hydrogen (secondary N) is 1. The highest BCUT2D eigenvalue weighted by Gasteiger charge is 2.14. The van der Waals surface area contributed by atoms with Crippen molar-refractivity contribution in [3.8, 4) is 11.6 Å². The second kappa shape index (κ2) is 6.42. The molecule has 0 unspecified atom stereocenters. The molecule has 17 heavy (non-hydrogen) atoms. The van der Waals surface area contributed by atoms with E-state index in [9.17, 15) is 0 Å². The third-order valence-corrected chi connectivity index (χ3v) is 2.64. The van der Waals surface area contributed by atoms with Crippen molar-refractivity contribution in [2.24, 2.45) is 0 Å². The van der Waals surface area contributed by atoms with Crippen molar-refractivity contribution in [1.82, 2.24) is 10.3 Å². The number of rotatable bonds is 5. The van der Waals surface area contributed by atoms with Gasteiger partial charge in [0, 0.05) is 6.07 Å². The van der Waals surface area contributed by atoms with E-state index < -0.39 is 0 Å². The van der Waals surface area contributed by atoms with E-state index >= 15 is 0 Å². The molecule has 0 bridgehead atoms. The first-order valence-corrected chi connectivity index (χ1v) is 5.95. The van der Waals surface area contributed by atoms with E-state index in [-0.39, 0.29) is 19.3 Å². The molecule has 0 radical (unpaired) electrons. The Kier molecular flexibility index (Phi) is 4.58. The lowest BCUT2D eigenvalue weighted by molar-refractivity contribution is 0.161. The van der Waals surface area contributed by atoms with Crippen LogP contribution in [0.25, 0.3) is 0 Å². The summed E-state index contributed by atoms with van der Waals surface area (Å²) in [6.07, 6.45) is 4.00. The molecule has 1 aliphatic rings. The minimum atomic E-state index is -0.00495. The zero-order valence-corrected chi connectivity index (χ0v) is 9.76. The van der Waals surface area contributed by atoms with Crippen molar-refractivity contribution in [1.29, 1.82) is 0 Å². The molecule has 0 spiro atoms. The highest BCUT2D eigenvalue weighted by molar-refractivity contribution is 5.23. The predicted octanol–water partition coefficient (Wildman–Crippen LogP) is 0.583. The van der Waals surface area contributed by atoms with Crippen LogP contribution in [0, 0.1) is 0 Å². The fourth-order valence-corrected chi connectivity index (χ4v) is 1.78. The molecule has 1 aromatic rings. The number of pyridine rings is 1. The summed E-state index contributed by atoms with van der Waals surface area (Å²) in [5.74, 6) is 1.28. The van der Waals surface area contributed by atoms with Crippen LogP contribution in [0.1, 0.15) is 12.8 Å². The summed E-state index contributed by atoms with van der Waals surface area (Å²) in [6.45, 7) is 2.28. The minimum absolute atomic E-state index is 0.00495. The van der Waals surface area contributed by atoms with Gasteiger partial charge in [0.05, 0.1) is 12.8 Å². The maximum atomic E-state index is 8.62. The molecule has 0 aliphatic carbocycles. The molecule has 0 amide bonds. The van der Waals surface area contributed by atoms with E-state index in [0.29, 0.717) is 5.88 Å². The lowest BCUT2D eigenvalue weighted by atomic mass is 10.1. The van der Waals surface area contributed by atoms with Crippen LogP contribution in [-0.2, 0) is 0 Å². The minimum Gasteiger partial charge on any atom is -0.489 e. The van der Waals surface area contributed by atoms with Gasteiger partial charge in [0.15, 0.2) is 0 Å². The SMILES string of the molecule is OCCOc1ccc(OC2CCNCC2)cn1. The third kappa shape index (κ3) is 3.87. The van der Waals surface area contributed by atoms with E-state index in [0.717, 1.165) is 31.7 Å². The smallest absolute Gasteiger partial charge is 0.213 e. The highest BCUT2D eigenvalue weighted by atomic mass is 16.5. The van der Waals surface area contributed by atoms with Crippen molar-refractivity contribution in [2.45, 2.75) is 18.9 Å².